The molecule has 126 valence electrons. The fourth-order valence-corrected chi connectivity index (χ4v) is 4.70. The van der Waals surface area contributed by atoms with Gasteiger partial charge in [-0.25, -0.2) is 5.01 Å². The maximum absolute atomic E-state index is 12.5. The van der Waals surface area contributed by atoms with Crippen molar-refractivity contribution in [2.24, 2.45) is 0 Å². The molecule has 0 bridgehead atoms. The number of amides is 2. The minimum Gasteiger partial charge on any atom is -0.273 e. The van der Waals surface area contributed by atoms with E-state index < -0.39 is 0 Å². The summed E-state index contributed by atoms with van der Waals surface area (Å²) in [5, 5.41) is 2.24. The van der Waals surface area contributed by atoms with E-state index in [1.165, 1.54) is 28.3 Å². The molecular weight excluding hydrogens is 354 g/mol. The number of rotatable bonds is 4. The van der Waals surface area contributed by atoms with Gasteiger partial charge < -0.3 is 0 Å². The number of aromatic nitrogens is 1. The normalized spacial score (nSPS) is 17.2. The molecule has 3 aromatic rings. The number of nitrogens with one attached hydrogen (secondary N) is 1. The molecule has 2 heterocycles. The van der Waals surface area contributed by atoms with Crippen molar-refractivity contribution in [3.63, 3.8) is 0 Å². The first-order chi connectivity index (χ1) is 12.2. The third-order valence-electron chi connectivity index (χ3n) is 3.98. The molecule has 0 radical (unpaired) electrons. The van der Waals surface area contributed by atoms with Gasteiger partial charge in [0.2, 0.25) is 5.91 Å². The maximum atomic E-state index is 12.5. The summed E-state index contributed by atoms with van der Waals surface area (Å²) in [7, 11) is 0. The van der Waals surface area contributed by atoms with Gasteiger partial charge in [0, 0.05) is 5.39 Å². The Balaban J connectivity index is 1.50. The molecule has 25 heavy (non-hydrogen) atoms. The van der Waals surface area contributed by atoms with Crippen LogP contribution in [0, 0.1) is 0 Å². The summed E-state index contributed by atoms with van der Waals surface area (Å²) >= 11 is 2.89. The van der Waals surface area contributed by atoms with E-state index in [9.17, 15) is 9.59 Å². The zero-order valence-corrected chi connectivity index (χ0v) is 14.8. The van der Waals surface area contributed by atoms with Gasteiger partial charge in [-0.05, 0) is 23.2 Å². The van der Waals surface area contributed by atoms with Crippen LogP contribution in [0.1, 0.15) is 16.6 Å². The molecule has 0 spiro atoms. The van der Waals surface area contributed by atoms with Gasteiger partial charge in [0.1, 0.15) is 5.37 Å². The van der Waals surface area contributed by atoms with E-state index in [0.29, 0.717) is 5.75 Å². The molecule has 1 saturated heterocycles. The Labute approximate surface area is 153 Å². The highest BCUT2D eigenvalue weighted by atomic mass is 32.2. The third kappa shape index (κ3) is 3.25. The van der Waals surface area contributed by atoms with Crippen LogP contribution < -0.4 is 5.43 Å². The highest BCUT2D eigenvalue weighted by Crippen LogP contribution is 2.37. The summed E-state index contributed by atoms with van der Waals surface area (Å²) in [5.41, 5.74) is 4.51. The quantitative estimate of drug-likeness (QED) is 0.767. The largest absolute Gasteiger partial charge is 0.273 e. The van der Waals surface area contributed by atoms with Crippen molar-refractivity contribution in [2.45, 2.75) is 11.8 Å². The Kier molecular flexibility index (Phi) is 4.42. The van der Waals surface area contributed by atoms with Gasteiger partial charge in [-0.3, -0.25) is 15.0 Å². The van der Waals surface area contributed by atoms with Gasteiger partial charge in [-0.1, -0.05) is 48.5 Å². The van der Waals surface area contributed by atoms with Crippen molar-refractivity contribution < 1.29 is 9.59 Å². The van der Waals surface area contributed by atoms with E-state index in [1.807, 2.05) is 54.6 Å². The first kappa shape index (κ1) is 16.1. The average molecular weight is 369 g/mol. The van der Waals surface area contributed by atoms with Crippen molar-refractivity contribution in [2.75, 3.05) is 5.75 Å². The lowest BCUT2D eigenvalue weighted by molar-refractivity contribution is -0.139. The molecule has 1 fully saturated rings. The van der Waals surface area contributed by atoms with Crippen LogP contribution in [0.15, 0.2) is 54.6 Å². The Morgan fingerprint density at radius 3 is 2.76 bits per heavy atom. The summed E-state index contributed by atoms with van der Waals surface area (Å²) in [5.74, 6) is 0.0441. The molecule has 2 amide bonds. The van der Waals surface area contributed by atoms with Crippen LogP contribution in [-0.4, -0.2) is 26.9 Å². The molecule has 5 nitrogen and oxygen atoms in total. The molecule has 1 atom stereocenters. The smallest absolute Gasteiger partial charge is 0.252 e. The van der Waals surface area contributed by atoms with E-state index in [4.69, 9.17) is 0 Å². The van der Waals surface area contributed by atoms with Gasteiger partial charge in [0.05, 0.1) is 22.6 Å². The first-order valence-corrected chi connectivity index (χ1v) is 9.66. The topological polar surface area (TPSA) is 62.3 Å². The van der Waals surface area contributed by atoms with Crippen LogP contribution in [-0.2, 0) is 16.0 Å². The second-order valence-corrected chi connectivity index (χ2v) is 7.55. The molecule has 1 unspecified atom stereocenters. The third-order valence-corrected chi connectivity index (χ3v) is 6.05. The van der Waals surface area contributed by atoms with Gasteiger partial charge in [-0.2, -0.15) is 4.37 Å². The SMILES string of the molecule is O=C(Cc1nsc2ccccc12)NN1C(=O)CSC1c1ccccc1. The van der Waals surface area contributed by atoms with Crippen LogP contribution >= 0.6 is 23.3 Å². The Bertz CT molecular complexity index is 926. The van der Waals surface area contributed by atoms with Crippen molar-refractivity contribution >= 4 is 45.2 Å². The van der Waals surface area contributed by atoms with Crippen molar-refractivity contribution in [3.8, 4) is 0 Å². The van der Waals surface area contributed by atoms with E-state index in [1.54, 1.807) is 0 Å². The highest BCUT2D eigenvalue weighted by molar-refractivity contribution is 8.00. The molecule has 1 aromatic heterocycles. The van der Waals surface area contributed by atoms with Gasteiger partial charge in [-0.15, -0.1) is 11.8 Å². The molecule has 4 rings (SSSR count). The van der Waals surface area contributed by atoms with Crippen LogP contribution in [0.25, 0.3) is 10.1 Å². The number of nitrogens with zero attached hydrogens (tertiary/aromatic N) is 2. The second kappa shape index (κ2) is 6.85. The van der Waals surface area contributed by atoms with Crippen LogP contribution in [0.5, 0.6) is 0 Å². The summed E-state index contributed by atoms with van der Waals surface area (Å²) in [6.45, 7) is 0. The van der Waals surface area contributed by atoms with E-state index in [0.717, 1.165) is 21.3 Å². The number of hydrogen-bond acceptors (Lipinski definition) is 5. The van der Waals surface area contributed by atoms with E-state index in [2.05, 4.69) is 9.80 Å². The molecule has 7 heteroatoms. The monoisotopic (exact) mass is 369 g/mol. The minimum atomic E-state index is -0.229. The van der Waals surface area contributed by atoms with E-state index >= 15 is 0 Å². The summed E-state index contributed by atoms with van der Waals surface area (Å²) in [4.78, 5) is 24.7. The van der Waals surface area contributed by atoms with Gasteiger partial charge >= 0.3 is 0 Å². The summed E-state index contributed by atoms with van der Waals surface area (Å²) < 4.78 is 5.43. The van der Waals surface area contributed by atoms with Gasteiger partial charge in [0.15, 0.2) is 0 Å². The molecule has 1 N–H and O–H groups in total. The number of fused-ring (bicyclic) bond motifs is 1. The fraction of sp³-hybridized carbons (Fsp3) is 0.167. The van der Waals surface area contributed by atoms with Crippen LogP contribution in [0.3, 0.4) is 0 Å². The molecule has 0 aliphatic carbocycles. The highest BCUT2D eigenvalue weighted by Gasteiger charge is 2.34. The molecule has 2 aromatic carbocycles. The minimum absolute atomic E-state index is 0.0876. The lowest BCUT2D eigenvalue weighted by Crippen LogP contribution is -2.45. The molecule has 1 aliphatic rings. The number of thioether (sulfide) groups is 1. The zero-order chi connectivity index (χ0) is 17.2. The lowest BCUT2D eigenvalue weighted by atomic mass is 10.2. The Morgan fingerprint density at radius 2 is 1.92 bits per heavy atom. The number of hydrogen-bond donors (Lipinski definition) is 1. The van der Waals surface area contributed by atoms with Gasteiger partial charge in [0.25, 0.3) is 5.91 Å². The van der Waals surface area contributed by atoms with E-state index in [-0.39, 0.29) is 23.6 Å². The molecule has 0 saturated carbocycles. The maximum Gasteiger partial charge on any atom is 0.252 e. The lowest BCUT2D eigenvalue weighted by Gasteiger charge is -2.24. The number of carbonyl (C=O) groups excluding carboxylic acids is 2. The summed E-state index contributed by atoms with van der Waals surface area (Å²) in [6, 6.07) is 17.6. The number of benzene rings is 2. The predicted octanol–water partition coefficient (Wildman–Crippen LogP) is 3.14. The Morgan fingerprint density at radius 1 is 1.16 bits per heavy atom. The number of carbonyl (C=O) groups is 2. The fourth-order valence-electron chi connectivity index (χ4n) is 2.80. The standard InChI is InChI=1S/C18H15N3O2S2/c22-16(10-14-13-8-4-5-9-15(13)25-20-14)19-21-17(23)11-24-18(21)12-6-2-1-3-7-12/h1-9,18H,10-11H2,(H,19,22). The predicted molar refractivity (Wildman–Crippen MR) is 100.0 cm³/mol. The van der Waals surface area contributed by atoms with Crippen molar-refractivity contribution in [1.82, 2.24) is 14.8 Å². The first-order valence-electron chi connectivity index (χ1n) is 7.84. The van der Waals surface area contributed by atoms with Crippen LogP contribution in [0.4, 0.5) is 0 Å². The number of hydrazine groups is 1. The zero-order valence-electron chi connectivity index (χ0n) is 13.2. The average Bonchev–Trinajstić information content (AvgIpc) is 3.20. The van der Waals surface area contributed by atoms with Crippen molar-refractivity contribution in [3.05, 3.63) is 65.9 Å². The molecular formula is C18H15N3O2S2. The van der Waals surface area contributed by atoms with Crippen LogP contribution in [0.2, 0.25) is 0 Å². The Hall–Kier alpha value is -2.38. The van der Waals surface area contributed by atoms with Crippen molar-refractivity contribution in [1.29, 1.82) is 0 Å². The summed E-state index contributed by atoms with van der Waals surface area (Å²) in [6.07, 6.45) is 0.153. The second-order valence-electron chi connectivity index (χ2n) is 5.67. The molecule has 1 aliphatic heterocycles.